The number of carbonyl (C=O) groups excluding carboxylic acids is 1. The molecule has 11 heteroatoms. The summed E-state index contributed by atoms with van der Waals surface area (Å²) in [6.45, 7) is 7.10. The van der Waals surface area contributed by atoms with Gasteiger partial charge in [0.1, 0.15) is 17.3 Å². The molecule has 7 heterocycles. The normalized spacial score (nSPS) is 19.3. The molecule has 3 fully saturated rings. The van der Waals surface area contributed by atoms with Crippen LogP contribution in [0.25, 0.3) is 32.7 Å². The Labute approximate surface area is 212 Å². The number of H-pyrrole nitrogens is 1. The highest BCUT2D eigenvalue weighted by Crippen LogP contribution is 2.41. The molecule has 2 atom stereocenters. The Morgan fingerprint density at radius 1 is 1.22 bits per heavy atom. The lowest BCUT2D eigenvalue weighted by atomic mass is 9.88. The Hall–Kier alpha value is -3.91. The molecule has 2 unspecified atom stereocenters. The minimum absolute atomic E-state index is 0.125. The number of thiazole rings is 1. The van der Waals surface area contributed by atoms with Crippen LogP contribution in [0, 0.1) is 11.3 Å². The first-order valence-corrected chi connectivity index (χ1v) is 12.6. The number of carbonyl (C=O) groups is 1. The average Bonchev–Trinajstić information content (AvgIpc) is 3.56. The standard InChI is InChI=1S/C25H26N8O2S/c1-25(2,3)35-24(34)33-16-5-17(33)13-32(12-16)23-28-10-20(36-23)21-14(7-26)8-27-22-18(21)6-19(30-22)15-9-29-31(4)11-15/h6,8-11,16-17H,5,12-13H2,1-4H3,(H,27,30). The first-order valence-electron chi connectivity index (χ1n) is 11.8. The Bertz CT molecular complexity index is 1510. The molecule has 0 aromatic carbocycles. The predicted molar refractivity (Wildman–Crippen MR) is 137 cm³/mol. The zero-order valence-corrected chi connectivity index (χ0v) is 21.3. The fourth-order valence-corrected chi connectivity index (χ4v) is 6.05. The highest BCUT2D eigenvalue weighted by molar-refractivity contribution is 7.19. The Balaban J connectivity index is 1.28. The van der Waals surface area contributed by atoms with Gasteiger partial charge in [-0.25, -0.2) is 14.8 Å². The number of aromatic amines is 1. The maximum absolute atomic E-state index is 12.6. The molecule has 1 amide bonds. The Morgan fingerprint density at radius 3 is 2.67 bits per heavy atom. The van der Waals surface area contributed by atoms with E-state index in [1.54, 1.807) is 28.4 Å². The van der Waals surface area contributed by atoms with Crippen LogP contribution in [-0.4, -0.2) is 66.5 Å². The van der Waals surface area contributed by atoms with Gasteiger partial charge in [-0.05, 0) is 33.3 Å². The lowest BCUT2D eigenvalue weighted by Gasteiger charge is -2.55. The van der Waals surface area contributed by atoms with Crippen LogP contribution < -0.4 is 4.90 Å². The summed E-state index contributed by atoms with van der Waals surface area (Å²) in [5.41, 5.74) is 3.39. The molecule has 3 saturated heterocycles. The van der Waals surface area contributed by atoms with Gasteiger partial charge in [0.25, 0.3) is 0 Å². The predicted octanol–water partition coefficient (Wildman–Crippen LogP) is 4.16. The molecule has 4 aromatic heterocycles. The molecule has 4 aromatic rings. The van der Waals surface area contributed by atoms with Crippen molar-refractivity contribution >= 4 is 33.6 Å². The van der Waals surface area contributed by atoms with Gasteiger partial charge in [0.15, 0.2) is 5.13 Å². The molecule has 36 heavy (non-hydrogen) atoms. The van der Waals surface area contributed by atoms with Gasteiger partial charge in [-0.15, -0.1) is 0 Å². The third kappa shape index (κ3) is 3.78. The number of hydrogen-bond donors (Lipinski definition) is 1. The number of nitrogens with zero attached hydrogens (tertiary/aromatic N) is 7. The first kappa shape index (κ1) is 22.5. The van der Waals surface area contributed by atoms with E-state index in [0.29, 0.717) is 11.2 Å². The van der Waals surface area contributed by atoms with Crippen molar-refractivity contribution in [3.8, 4) is 27.8 Å². The molecule has 184 valence electrons. The van der Waals surface area contributed by atoms with Gasteiger partial charge in [-0.3, -0.25) is 9.58 Å². The molecule has 7 rings (SSSR count). The fourth-order valence-electron chi connectivity index (χ4n) is 5.05. The third-order valence-corrected chi connectivity index (χ3v) is 7.68. The van der Waals surface area contributed by atoms with Gasteiger partial charge in [-0.2, -0.15) is 10.4 Å². The van der Waals surface area contributed by atoms with Gasteiger partial charge in [0.2, 0.25) is 0 Å². The second-order valence-electron chi connectivity index (χ2n) is 10.3. The number of fused-ring (bicyclic) bond motifs is 3. The summed E-state index contributed by atoms with van der Waals surface area (Å²) < 4.78 is 7.34. The molecule has 1 N–H and O–H groups in total. The van der Waals surface area contributed by atoms with Crippen LogP contribution in [0.15, 0.2) is 30.9 Å². The van der Waals surface area contributed by atoms with Crippen LogP contribution in [0.2, 0.25) is 0 Å². The molecule has 0 aliphatic carbocycles. The number of aryl methyl sites for hydroxylation is 1. The van der Waals surface area contributed by atoms with Crippen LogP contribution in [0.4, 0.5) is 9.93 Å². The number of piperazine rings is 1. The van der Waals surface area contributed by atoms with Crippen molar-refractivity contribution in [3.05, 3.63) is 36.4 Å². The van der Waals surface area contributed by atoms with E-state index in [1.165, 1.54) is 0 Å². The van der Waals surface area contributed by atoms with Crippen molar-refractivity contribution in [2.45, 2.75) is 44.9 Å². The minimum Gasteiger partial charge on any atom is -0.444 e. The number of pyridine rings is 1. The topological polar surface area (TPSA) is 116 Å². The van der Waals surface area contributed by atoms with Gasteiger partial charge < -0.3 is 14.6 Å². The van der Waals surface area contributed by atoms with E-state index in [-0.39, 0.29) is 18.2 Å². The van der Waals surface area contributed by atoms with Gasteiger partial charge in [-0.1, -0.05) is 11.3 Å². The van der Waals surface area contributed by atoms with E-state index in [2.05, 4.69) is 26.0 Å². The van der Waals surface area contributed by atoms with Gasteiger partial charge in [0.05, 0.1) is 34.4 Å². The van der Waals surface area contributed by atoms with Crippen LogP contribution in [0.1, 0.15) is 32.8 Å². The Kier molecular flexibility index (Phi) is 5.05. The largest absolute Gasteiger partial charge is 0.444 e. The third-order valence-electron chi connectivity index (χ3n) is 6.60. The van der Waals surface area contributed by atoms with Crippen LogP contribution in [0.3, 0.4) is 0 Å². The minimum atomic E-state index is -0.506. The number of rotatable bonds is 3. The summed E-state index contributed by atoms with van der Waals surface area (Å²) >= 11 is 1.56. The molecular weight excluding hydrogens is 476 g/mol. The number of ether oxygens (including phenoxy) is 1. The van der Waals surface area contributed by atoms with Crippen LogP contribution in [-0.2, 0) is 11.8 Å². The molecule has 0 spiro atoms. The zero-order chi connectivity index (χ0) is 25.2. The van der Waals surface area contributed by atoms with Crippen molar-refractivity contribution < 1.29 is 9.53 Å². The van der Waals surface area contributed by atoms with E-state index in [4.69, 9.17) is 9.72 Å². The lowest BCUT2D eigenvalue weighted by molar-refractivity contribution is -0.0379. The van der Waals surface area contributed by atoms with Crippen molar-refractivity contribution in [3.63, 3.8) is 0 Å². The van der Waals surface area contributed by atoms with Gasteiger partial charge in [0, 0.05) is 55.2 Å². The summed E-state index contributed by atoms with van der Waals surface area (Å²) in [5, 5.41) is 15.9. The number of aromatic nitrogens is 5. The monoisotopic (exact) mass is 502 g/mol. The summed E-state index contributed by atoms with van der Waals surface area (Å²) in [7, 11) is 1.87. The summed E-state index contributed by atoms with van der Waals surface area (Å²) in [5.74, 6) is 0. The van der Waals surface area contributed by atoms with Crippen molar-refractivity contribution in [2.24, 2.45) is 7.05 Å². The molecule has 10 nitrogen and oxygen atoms in total. The highest BCUT2D eigenvalue weighted by Gasteiger charge is 2.49. The molecule has 0 radical (unpaired) electrons. The number of nitrogens with one attached hydrogen (secondary N) is 1. The van der Waals surface area contributed by atoms with E-state index >= 15 is 0 Å². The van der Waals surface area contributed by atoms with Crippen LogP contribution >= 0.6 is 11.3 Å². The van der Waals surface area contributed by atoms with E-state index in [1.807, 2.05) is 51.2 Å². The number of nitriles is 1. The fraction of sp³-hybridized carbons (Fsp3) is 0.400. The van der Waals surface area contributed by atoms with E-state index in [9.17, 15) is 10.1 Å². The number of amides is 1. The molecular formula is C25H26N8O2S. The van der Waals surface area contributed by atoms with Crippen molar-refractivity contribution in [2.75, 3.05) is 18.0 Å². The summed E-state index contributed by atoms with van der Waals surface area (Å²) in [4.78, 5) is 30.2. The SMILES string of the molecule is Cn1cc(-c2cc3c(-c4cnc(N5CC6CC(C5)N6C(=O)OC(C)(C)C)s4)c(C#N)cnc3[nH]2)cn1. The number of hydrogen-bond acceptors (Lipinski definition) is 8. The van der Waals surface area contributed by atoms with E-state index in [0.717, 1.165) is 51.7 Å². The maximum Gasteiger partial charge on any atom is 0.410 e. The second-order valence-corrected chi connectivity index (χ2v) is 11.4. The molecule has 3 aliphatic rings. The highest BCUT2D eigenvalue weighted by atomic mass is 32.1. The molecule has 0 saturated carbocycles. The number of anilines is 1. The molecule has 2 bridgehead atoms. The second kappa shape index (κ2) is 8.06. The van der Waals surface area contributed by atoms with Crippen molar-refractivity contribution in [1.29, 1.82) is 5.26 Å². The summed E-state index contributed by atoms with van der Waals surface area (Å²) in [6.07, 6.45) is 7.91. The maximum atomic E-state index is 12.6. The zero-order valence-electron chi connectivity index (χ0n) is 20.5. The van der Waals surface area contributed by atoms with Gasteiger partial charge >= 0.3 is 6.09 Å². The van der Waals surface area contributed by atoms with Crippen LogP contribution in [0.5, 0.6) is 0 Å². The van der Waals surface area contributed by atoms with E-state index < -0.39 is 5.60 Å². The summed E-state index contributed by atoms with van der Waals surface area (Å²) in [6, 6.07) is 4.56. The lowest BCUT2D eigenvalue weighted by Crippen LogP contribution is -2.70. The van der Waals surface area contributed by atoms with Crippen molar-refractivity contribution in [1.82, 2.24) is 29.6 Å². The Morgan fingerprint density at radius 2 is 2.00 bits per heavy atom. The smallest absolute Gasteiger partial charge is 0.410 e. The first-order chi connectivity index (χ1) is 17.2. The quantitative estimate of drug-likeness (QED) is 0.447. The average molecular weight is 503 g/mol. The molecule has 3 aliphatic heterocycles. The number of piperidine rings is 1.